The Morgan fingerprint density at radius 1 is 1.08 bits per heavy atom. The fourth-order valence-corrected chi connectivity index (χ4v) is 3.23. The van der Waals surface area contributed by atoms with Crippen molar-refractivity contribution in [1.82, 2.24) is 20.6 Å². The molecule has 0 saturated carbocycles. The molecule has 0 aliphatic carbocycles. The van der Waals surface area contributed by atoms with Gasteiger partial charge in [0.2, 0.25) is 0 Å². The molecule has 1 unspecified atom stereocenters. The molecule has 2 aromatic carbocycles. The van der Waals surface area contributed by atoms with Gasteiger partial charge in [0, 0.05) is 6.20 Å². The maximum atomic E-state index is 13.0. The number of carbonyl (C=O) groups excluding carboxylic acids is 3. The first-order chi connectivity index (χ1) is 17.3. The topological polar surface area (TPSA) is 174 Å². The van der Waals surface area contributed by atoms with Crippen molar-refractivity contribution in [3.05, 3.63) is 99.2 Å². The molecule has 0 saturated heterocycles. The highest BCUT2D eigenvalue weighted by Crippen LogP contribution is 2.22. The van der Waals surface area contributed by atoms with Crippen LogP contribution < -0.4 is 16.2 Å². The zero-order valence-corrected chi connectivity index (χ0v) is 19.2. The van der Waals surface area contributed by atoms with E-state index in [1.807, 2.05) is 24.3 Å². The predicted molar refractivity (Wildman–Crippen MR) is 127 cm³/mol. The summed E-state index contributed by atoms with van der Waals surface area (Å²) in [6, 6.07) is 17.1. The number of carbonyl (C=O) groups is 3. The summed E-state index contributed by atoms with van der Waals surface area (Å²) < 4.78 is 4.64. The average molecular weight is 489 g/mol. The summed E-state index contributed by atoms with van der Waals surface area (Å²) in [5.41, 5.74) is 0.712. The van der Waals surface area contributed by atoms with E-state index in [9.17, 15) is 24.3 Å². The van der Waals surface area contributed by atoms with E-state index in [0.29, 0.717) is 11.1 Å². The predicted octanol–water partition coefficient (Wildman–Crippen LogP) is 0.815. The van der Waals surface area contributed by atoms with Crippen molar-refractivity contribution in [2.24, 2.45) is 0 Å². The zero-order chi connectivity index (χ0) is 26.1. The second-order valence-corrected chi connectivity index (χ2v) is 7.50. The second-order valence-electron chi connectivity index (χ2n) is 7.50. The van der Waals surface area contributed by atoms with Crippen LogP contribution in [0.15, 0.2) is 65.6 Å². The third kappa shape index (κ3) is 6.40. The van der Waals surface area contributed by atoms with Gasteiger partial charge in [-0.1, -0.05) is 42.5 Å². The van der Waals surface area contributed by atoms with E-state index in [2.05, 4.69) is 25.3 Å². The summed E-state index contributed by atoms with van der Waals surface area (Å²) in [6.45, 7) is 1.19. The number of H-pyrrole nitrogens is 1. The summed E-state index contributed by atoms with van der Waals surface area (Å²) in [6.07, 6.45) is -0.617. The van der Waals surface area contributed by atoms with Gasteiger partial charge in [0.05, 0.1) is 30.8 Å². The molecule has 36 heavy (non-hydrogen) atoms. The lowest BCUT2D eigenvalue weighted by molar-refractivity contribution is -0.152. The maximum absolute atomic E-state index is 13.0. The fraction of sp³-hybridized carbons (Fsp3) is 0.200. The molecule has 1 aromatic heterocycles. The van der Waals surface area contributed by atoms with Crippen LogP contribution in [0.1, 0.15) is 50.6 Å². The Labute approximate surface area is 205 Å². The number of esters is 1. The molecule has 0 aliphatic heterocycles. The number of aromatic amines is 1. The normalized spacial score (nSPS) is 12.0. The van der Waals surface area contributed by atoms with Crippen LogP contribution in [0.25, 0.3) is 0 Å². The first-order valence-electron chi connectivity index (χ1n) is 10.9. The number of amides is 2. The number of benzene rings is 2. The molecule has 3 rings (SSSR count). The third-order valence-electron chi connectivity index (χ3n) is 5.06. The van der Waals surface area contributed by atoms with Gasteiger partial charge < -0.3 is 25.5 Å². The van der Waals surface area contributed by atoms with Crippen molar-refractivity contribution in [2.75, 3.05) is 13.2 Å². The quantitative estimate of drug-likeness (QED) is 0.319. The Hall–Kier alpha value is -4.82. The second kappa shape index (κ2) is 12.0. The van der Waals surface area contributed by atoms with E-state index >= 15 is 0 Å². The highest BCUT2D eigenvalue weighted by Gasteiger charge is 2.22. The molecule has 2 atom stereocenters. The van der Waals surface area contributed by atoms with Crippen molar-refractivity contribution in [2.45, 2.75) is 19.1 Å². The van der Waals surface area contributed by atoms with E-state index < -0.39 is 47.9 Å². The first-order valence-corrected chi connectivity index (χ1v) is 10.9. The minimum atomic E-state index is -1.58. The van der Waals surface area contributed by atoms with Crippen LogP contribution in [-0.4, -0.2) is 52.1 Å². The van der Waals surface area contributed by atoms with Gasteiger partial charge in [-0.05, 0) is 30.2 Å². The zero-order valence-electron chi connectivity index (χ0n) is 19.2. The van der Waals surface area contributed by atoms with Crippen molar-refractivity contribution in [3.63, 3.8) is 0 Å². The van der Waals surface area contributed by atoms with Gasteiger partial charge in [0.1, 0.15) is 5.56 Å². The molecule has 0 spiro atoms. The summed E-state index contributed by atoms with van der Waals surface area (Å²) >= 11 is 0. The van der Waals surface area contributed by atoms with E-state index in [-0.39, 0.29) is 12.2 Å². The van der Waals surface area contributed by atoms with Crippen LogP contribution in [0, 0.1) is 11.3 Å². The SMILES string of the molecule is CCOC(=O)[C@@H](O)CNC(=O)c1ncc(C(=O)NC(c2ccccc2)c2ccc(C#N)cc2)c(=O)[nH]1. The molecular formula is C25H23N5O6. The number of aromatic nitrogens is 2. The van der Waals surface area contributed by atoms with Crippen molar-refractivity contribution >= 4 is 17.8 Å². The highest BCUT2D eigenvalue weighted by molar-refractivity contribution is 5.95. The third-order valence-corrected chi connectivity index (χ3v) is 5.06. The van der Waals surface area contributed by atoms with Crippen molar-refractivity contribution < 1.29 is 24.2 Å². The molecule has 11 nitrogen and oxygen atoms in total. The Balaban J connectivity index is 1.76. The number of aliphatic hydroxyl groups excluding tert-OH is 1. The smallest absolute Gasteiger partial charge is 0.336 e. The molecule has 4 N–H and O–H groups in total. The number of aliphatic hydroxyl groups is 1. The largest absolute Gasteiger partial charge is 0.464 e. The summed E-state index contributed by atoms with van der Waals surface area (Å²) in [7, 11) is 0. The number of rotatable bonds is 9. The molecule has 3 aromatic rings. The van der Waals surface area contributed by atoms with Gasteiger partial charge in [0.15, 0.2) is 11.9 Å². The number of ether oxygens (including phenoxy) is 1. The van der Waals surface area contributed by atoms with E-state index in [4.69, 9.17) is 5.26 Å². The summed E-state index contributed by atoms with van der Waals surface area (Å²) in [4.78, 5) is 55.3. The molecule has 0 radical (unpaired) electrons. The van der Waals surface area contributed by atoms with Crippen LogP contribution in [0.4, 0.5) is 0 Å². The molecule has 2 amide bonds. The summed E-state index contributed by atoms with van der Waals surface area (Å²) in [5.74, 6) is -2.89. The van der Waals surface area contributed by atoms with Gasteiger partial charge >= 0.3 is 5.97 Å². The van der Waals surface area contributed by atoms with E-state index in [1.165, 1.54) is 0 Å². The minimum absolute atomic E-state index is 0.0680. The Bertz CT molecular complexity index is 1330. The number of nitrogens with one attached hydrogen (secondary N) is 3. The van der Waals surface area contributed by atoms with Crippen LogP contribution in [0.3, 0.4) is 0 Å². The lowest BCUT2D eigenvalue weighted by Gasteiger charge is -2.20. The Morgan fingerprint density at radius 3 is 2.36 bits per heavy atom. The van der Waals surface area contributed by atoms with Crippen LogP contribution in [-0.2, 0) is 9.53 Å². The average Bonchev–Trinajstić information content (AvgIpc) is 2.90. The van der Waals surface area contributed by atoms with Crippen LogP contribution >= 0.6 is 0 Å². The molecule has 1 heterocycles. The number of hydrogen-bond donors (Lipinski definition) is 4. The standard InChI is InChI=1S/C25H23N5O6/c1-2-36-25(35)19(31)14-28-24(34)21-27-13-18(23(33)30-21)22(32)29-20(16-6-4-3-5-7-16)17-10-8-15(12-26)9-11-17/h3-11,13,19-20,31H,2,14H2,1H3,(H,28,34)(H,29,32)(H,27,30,33)/t19-,20?/m0/s1. The van der Waals surface area contributed by atoms with Crippen molar-refractivity contribution in [1.29, 1.82) is 5.26 Å². The highest BCUT2D eigenvalue weighted by atomic mass is 16.5. The van der Waals surface area contributed by atoms with Gasteiger partial charge in [-0.15, -0.1) is 0 Å². The van der Waals surface area contributed by atoms with Crippen LogP contribution in [0.5, 0.6) is 0 Å². The molecule has 0 aliphatic rings. The molecule has 184 valence electrons. The van der Waals surface area contributed by atoms with Gasteiger partial charge in [-0.3, -0.25) is 14.4 Å². The number of hydrogen-bond acceptors (Lipinski definition) is 8. The van der Waals surface area contributed by atoms with E-state index in [0.717, 1.165) is 11.8 Å². The molecule has 0 fully saturated rings. The Kier molecular flexibility index (Phi) is 8.63. The monoisotopic (exact) mass is 489 g/mol. The fourth-order valence-electron chi connectivity index (χ4n) is 3.23. The van der Waals surface area contributed by atoms with E-state index in [1.54, 1.807) is 43.3 Å². The number of nitrogens with zero attached hydrogens (tertiary/aromatic N) is 2. The molecular weight excluding hydrogens is 466 g/mol. The minimum Gasteiger partial charge on any atom is -0.464 e. The van der Waals surface area contributed by atoms with Gasteiger partial charge in [-0.2, -0.15) is 5.26 Å². The Morgan fingerprint density at radius 2 is 1.75 bits per heavy atom. The van der Waals surface area contributed by atoms with Crippen molar-refractivity contribution in [3.8, 4) is 6.07 Å². The summed E-state index contributed by atoms with van der Waals surface area (Å²) in [5, 5.41) is 23.8. The lowest BCUT2D eigenvalue weighted by atomic mass is 9.97. The molecule has 11 heteroatoms. The van der Waals surface area contributed by atoms with Gasteiger partial charge in [-0.25, -0.2) is 9.78 Å². The van der Waals surface area contributed by atoms with Gasteiger partial charge in [0.25, 0.3) is 17.4 Å². The molecule has 0 bridgehead atoms. The number of nitriles is 1. The lowest BCUT2D eigenvalue weighted by Crippen LogP contribution is -2.39. The van der Waals surface area contributed by atoms with Crippen LogP contribution in [0.2, 0.25) is 0 Å². The maximum Gasteiger partial charge on any atom is 0.336 e. The first kappa shape index (κ1) is 25.8.